The largest absolute Gasteiger partial charge is 0.353 e. The zero-order valence-electron chi connectivity index (χ0n) is 22.9. The van der Waals surface area contributed by atoms with E-state index in [1.807, 2.05) is 35.2 Å². The van der Waals surface area contributed by atoms with Gasteiger partial charge < -0.3 is 9.80 Å². The Bertz CT molecular complexity index is 1400. The third-order valence-electron chi connectivity index (χ3n) is 7.66. The fraction of sp³-hybridized carbons (Fsp3) is 0.364. The van der Waals surface area contributed by atoms with Crippen molar-refractivity contribution in [3.8, 4) is 11.3 Å². The van der Waals surface area contributed by atoms with Crippen molar-refractivity contribution >= 4 is 22.8 Å². The molecule has 0 spiro atoms. The summed E-state index contributed by atoms with van der Waals surface area (Å²) in [5.74, 6) is 1.02. The topological polar surface area (TPSA) is 49.3 Å². The van der Waals surface area contributed by atoms with Gasteiger partial charge in [-0.3, -0.25) is 4.79 Å². The molecule has 5 rings (SSSR count). The van der Waals surface area contributed by atoms with E-state index in [1.165, 1.54) is 36.0 Å². The molecule has 0 unspecified atom stereocenters. The van der Waals surface area contributed by atoms with Crippen LogP contribution in [0, 0.1) is 13.8 Å². The minimum atomic E-state index is 0.117. The minimum absolute atomic E-state index is 0.117. The van der Waals surface area contributed by atoms with E-state index in [4.69, 9.17) is 9.97 Å². The third kappa shape index (κ3) is 5.72. The molecule has 0 N–H and O–H groups in total. The predicted octanol–water partition coefficient (Wildman–Crippen LogP) is 7.00. The highest BCUT2D eigenvalue weighted by Gasteiger charge is 2.24. The van der Waals surface area contributed by atoms with Gasteiger partial charge in [-0.2, -0.15) is 0 Å². The fourth-order valence-electron chi connectivity index (χ4n) is 5.22. The van der Waals surface area contributed by atoms with Crippen molar-refractivity contribution in [1.29, 1.82) is 0 Å². The summed E-state index contributed by atoms with van der Waals surface area (Å²) in [5.41, 5.74) is 8.32. The lowest BCUT2D eigenvalue weighted by molar-refractivity contribution is 0.0767. The number of aromatic nitrogens is 2. The third-order valence-corrected chi connectivity index (χ3v) is 7.66. The van der Waals surface area contributed by atoms with Crippen molar-refractivity contribution in [3.05, 3.63) is 89.0 Å². The van der Waals surface area contributed by atoms with Crippen LogP contribution in [0.4, 0.5) is 5.82 Å². The zero-order chi connectivity index (χ0) is 26.5. The van der Waals surface area contributed by atoms with Gasteiger partial charge in [-0.1, -0.05) is 62.2 Å². The van der Waals surface area contributed by atoms with Crippen LogP contribution >= 0.6 is 0 Å². The summed E-state index contributed by atoms with van der Waals surface area (Å²) < 4.78 is 0. The van der Waals surface area contributed by atoms with Gasteiger partial charge in [0, 0.05) is 37.3 Å². The van der Waals surface area contributed by atoms with Crippen molar-refractivity contribution in [2.24, 2.45) is 0 Å². The van der Waals surface area contributed by atoms with Crippen LogP contribution in [0.2, 0.25) is 0 Å². The van der Waals surface area contributed by atoms with E-state index in [9.17, 15) is 4.79 Å². The van der Waals surface area contributed by atoms with Gasteiger partial charge in [-0.15, -0.1) is 0 Å². The molecule has 5 nitrogen and oxygen atoms in total. The average Bonchev–Trinajstić information content (AvgIpc) is 3.20. The number of hydrogen-bond acceptors (Lipinski definition) is 4. The van der Waals surface area contributed by atoms with Crippen molar-refractivity contribution in [2.75, 3.05) is 31.1 Å². The second-order valence-electron chi connectivity index (χ2n) is 10.5. The predicted molar refractivity (Wildman–Crippen MR) is 157 cm³/mol. The molecule has 1 aliphatic heterocycles. The normalized spacial score (nSPS) is 14.1. The number of hydrogen-bond donors (Lipinski definition) is 0. The lowest BCUT2D eigenvalue weighted by Crippen LogP contribution is -2.35. The molecule has 38 heavy (non-hydrogen) atoms. The number of rotatable bonds is 7. The molecule has 1 amide bonds. The van der Waals surface area contributed by atoms with Crippen LogP contribution in [-0.4, -0.2) is 47.0 Å². The Kier molecular flexibility index (Phi) is 8.02. The smallest absolute Gasteiger partial charge is 0.253 e. The number of benzene rings is 3. The van der Waals surface area contributed by atoms with Gasteiger partial charge in [-0.05, 0) is 74.1 Å². The molecule has 1 saturated heterocycles. The monoisotopic (exact) mass is 506 g/mol. The van der Waals surface area contributed by atoms with Crippen LogP contribution in [0.1, 0.15) is 59.7 Å². The molecular weight excluding hydrogens is 468 g/mol. The Morgan fingerprint density at radius 1 is 0.816 bits per heavy atom. The lowest BCUT2D eigenvalue weighted by Gasteiger charge is -2.25. The van der Waals surface area contributed by atoms with Crippen molar-refractivity contribution in [2.45, 2.75) is 52.9 Å². The molecule has 0 aliphatic carbocycles. The van der Waals surface area contributed by atoms with Crippen LogP contribution in [-0.2, 0) is 6.42 Å². The molecule has 1 aliphatic rings. The molecule has 1 fully saturated rings. The first-order chi connectivity index (χ1) is 18.5. The molecule has 0 atom stereocenters. The van der Waals surface area contributed by atoms with E-state index < -0.39 is 0 Å². The molecular formula is C33H38N4O. The van der Waals surface area contributed by atoms with E-state index in [2.05, 4.69) is 62.1 Å². The maximum Gasteiger partial charge on any atom is 0.253 e. The standard InChI is InChI=1S/C33H38N4O/c1-4-5-7-11-26-14-16-28(17-15-26)33(38)37-19-10-18-36(20-21-37)32-31(27-12-8-6-9-13-27)34-29-22-24(2)25(3)23-30(29)35-32/h6,8-9,12-17,22-23H,4-5,7,10-11,18-21H2,1-3H3. The molecule has 0 saturated carbocycles. The van der Waals surface area contributed by atoms with Crippen molar-refractivity contribution < 1.29 is 4.79 Å². The molecule has 0 radical (unpaired) electrons. The van der Waals surface area contributed by atoms with Crippen LogP contribution in [0.3, 0.4) is 0 Å². The van der Waals surface area contributed by atoms with Crippen LogP contribution < -0.4 is 4.90 Å². The SMILES string of the molecule is CCCCCc1ccc(C(=O)N2CCCN(c3nc4cc(C)c(C)cc4nc3-c3ccccc3)CC2)cc1. The Balaban J connectivity index is 1.37. The van der Waals surface area contributed by atoms with Crippen LogP contribution in [0.15, 0.2) is 66.7 Å². The lowest BCUT2D eigenvalue weighted by atomic mass is 10.0. The van der Waals surface area contributed by atoms with E-state index in [0.717, 1.165) is 66.1 Å². The highest BCUT2D eigenvalue weighted by atomic mass is 16.2. The van der Waals surface area contributed by atoms with Crippen LogP contribution in [0.25, 0.3) is 22.3 Å². The quantitative estimate of drug-likeness (QED) is 0.253. The van der Waals surface area contributed by atoms with Gasteiger partial charge in [0.15, 0.2) is 5.82 Å². The Morgan fingerprint density at radius 2 is 1.53 bits per heavy atom. The molecule has 3 aromatic carbocycles. The fourth-order valence-corrected chi connectivity index (χ4v) is 5.22. The highest BCUT2D eigenvalue weighted by Crippen LogP contribution is 2.31. The van der Waals surface area contributed by atoms with Gasteiger partial charge in [0.05, 0.1) is 11.0 Å². The summed E-state index contributed by atoms with van der Waals surface area (Å²) in [6, 6.07) is 22.8. The second-order valence-corrected chi connectivity index (χ2v) is 10.5. The Hall–Kier alpha value is -3.73. The summed E-state index contributed by atoms with van der Waals surface area (Å²) in [7, 11) is 0. The maximum absolute atomic E-state index is 13.4. The maximum atomic E-state index is 13.4. The minimum Gasteiger partial charge on any atom is -0.353 e. The molecule has 196 valence electrons. The molecule has 4 aromatic rings. The summed E-state index contributed by atoms with van der Waals surface area (Å²) in [4.78, 5) is 27.9. The summed E-state index contributed by atoms with van der Waals surface area (Å²) in [5, 5.41) is 0. The number of amides is 1. The number of carbonyl (C=O) groups is 1. The first kappa shape index (κ1) is 25.9. The number of nitrogens with zero attached hydrogens (tertiary/aromatic N) is 4. The molecule has 5 heteroatoms. The number of unbranched alkanes of at least 4 members (excludes halogenated alkanes) is 2. The summed E-state index contributed by atoms with van der Waals surface area (Å²) in [6.45, 7) is 9.44. The van der Waals surface area contributed by atoms with Crippen molar-refractivity contribution in [1.82, 2.24) is 14.9 Å². The van der Waals surface area contributed by atoms with Gasteiger partial charge in [0.2, 0.25) is 0 Å². The summed E-state index contributed by atoms with van der Waals surface area (Å²) >= 11 is 0. The van der Waals surface area contributed by atoms with E-state index in [-0.39, 0.29) is 5.91 Å². The molecule has 0 bridgehead atoms. The van der Waals surface area contributed by atoms with E-state index >= 15 is 0 Å². The average molecular weight is 507 g/mol. The number of fused-ring (bicyclic) bond motifs is 1. The Labute approximate surface area is 226 Å². The zero-order valence-corrected chi connectivity index (χ0v) is 22.9. The highest BCUT2D eigenvalue weighted by molar-refractivity contribution is 5.94. The summed E-state index contributed by atoms with van der Waals surface area (Å²) in [6.07, 6.45) is 5.64. The van der Waals surface area contributed by atoms with Gasteiger partial charge in [-0.25, -0.2) is 9.97 Å². The van der Waals surface area contributed by atoms with Crippen molar-refractivity contribution in [3.63, 3.8) is 0 Å². The first-order valence-electron chi connectivity index (χ1n) is 14.0. The number of anilines is 1. The molecule has 1 aromatic heterocycles. The van der Waals surface area contributed by atoms with Crippen LogP contribution in [0.5, 0.6) is 0 Å². The second kappa shape index (κ2) is 11.8. The number of carbonyl (C=O) groups excluding carboxylic acids is 1. The van der Waals surface area contributed by atoms with E-state index in [1.54, 1.807) is 0 Å². The first-order valence-corrected chi connectivity index (χ1v) is 14.0. The van der Waals surface area contributed by atoms with E-state index in [0.29, 0.717) is 6.54 Å². The Morgan fingerprint density at radius 3 is 2.24 bits per heavy atom. The molecule has 2 heterocycles. The number of aryl methyl sites for hydroxylation is 3. The van der Waals surface area contributed by atoms with Gasteiger partial charge >= 0.3 is 0 Å². The van der Waals surface area contributed by atoms with Gasteiger partial charge in [0.25, 0.3) is 5.91 Å². The van der Waals surface area contributed by atoms with Gasteiger partial charge in [0.1, 0.15) is 5.69 Å².